The summed E-state index contributed by atoms with van der Waals surface area (Å²) in [5.41, 5.74) is 4.37. The first-order valence-corrected chi connectivity index (χ1v) is 13.8. The molecule has 0 aliphatic carbocycles. The molecular weight excluding hydrogens is 554 g/mol. The van der Waals surface area contributed by atoms with Crippen LogP contribution in [0.3, 0.4) is 0 Å². The molecule has 2 aliphatic rings. The van der Waals surface area contributed by atoms with Crippen LogP contribution >= 0.6 is 46.5 Å². The molecule has 12 nitrogen and oxygen atoms in total. The monoisotopic (exact) mass is 577 g/mol. The molecule has 0 saturated carbocycles. The van der Waals surface area contributed by atoms with Crippen LogP contribution in [-0.2, 0) is 28.8 Å². The van der Waals surface area contributed by atoms with Gasteiger partial charge in [-0.3, -0.25) is 14.5 Å². The van der Waals surface area contributed by atoms with Crippen molar-refractivity contribution < 1.29 is 33.9 Å². The van der Waals surface area contributed by atoms with E-state index in [-0.39, 0.29) is 20.9 Å². The van der Waals surface area contributed by atoms with Crippen molar-refractivity contribution in [3.8, 4) is 0 Å². The number of hydrogen-bond donors (Lipinski definition) is 3. The number of aromatic nitrogens is 1. The number of aliphatic carboxylic acids is 1. The normalized spacial score (nSPS) is 20.0. The number of carbonyl (C=O) groups is 4. The van der Waals surface area contributed by atoms with Gasteiger partial charge in [-0.25, -0.2) is 14.6 Å². The van der Waals surface area contributed by atoms with Gasteiger partial charge in [-0.15, -0.1) is 23.5 Å². The van der Waals surface area contributed by atoms with Crippen LogP contribution < -0.4 is 11.1 Å². The zero-order chi connectivity index (χ0) is 26.8. The Labute approximate surface area is 224 Å². The van der Waals surface area contributed by atoms with Gasteiger partial charge in [-0.2, -0.15) is 0 Å². The van der Waals surface area contributed by atoms with E-state index in [4.69, 9.17) is 26.9 Å². The summed E-state index contributed by atoms with van der Waals surface area (Å²) in [6.45, 7) is 6.34. The maximum absolute atomic E-state index is 13.1. The van der Waals surface area contributed by atoms with Gasteiger partial charge < -0.3 is 25.7 Å². The van der Waals surface area contributed by atoms with Gasteiger partial charge in [0.25, 0.3) is 11.8 Å². The van der Waals surface area contributed by atoms with Gasteiger partial charge in [0.1, 0.15) is 32.7 Å². The number of rotatable bonds is 9. The number of esters is 1. The maximum atomic E-state index is 13.1. The number of fused-ring (bicyclic) bond motifs is 1. The molecule has 2 aliphatic heterocycles. The van der Waals surface area contributed by atoms with Gasteiger partial charge in [0, 0.05) is 10.7 Å². The lowest BCUT2D eigenvalue weighted by atomic mass is 10.0. The predicted molar refractivity (Wildman–Crippen MR) is 138 cm³/mol. The number of nitrogens with zero attached hydrogens (tertiary/aromatic N) is 3. The third-order valence-corrected chi connectivity index (χ3v) is 8.06. The Kier molecular flexibility index (Phi) is 8.80. The molecule has 16 heteroatoms. The molecule has 4 N–H and O–H groups in total. The minimum absolute atomic E-state index is 0.0493. The summed E-state index contributed by atoms with van der Waals surface area (Å²) in [4.78, 5) is 60.5. The van der Waals surface area contributed by atoms with Crippen molar-refractivity contribution >= 4 is 81.1 Å². The van der Waals surface area contributed by atoms with E-state index in [9.17, 15) is 24.3 Å². The molecule has 196 valence electrons. The summed E-state index contributed by atoms with van der Waals surface area (Å²) in [5.74, 6) is -2.33. The first-order valence-electron chi connectivity index (χ1n) is 10.5. The van der Waals surface area contributed by atoms with Crippen LogP contribution in [0.5, 0.6) is 0 Å². The minimum atomic E-state index is -1.21. The van der Waals surface area contributed by atoms with E-state index in [1.165, 1.54) is 28.4 Å². The second-order valence-electron chi connectivity index (χ2n) is 8.35. The molecule has 0 bridgehead atoms. The molecule has 0 spiro atoms. The zero-order valence-corrected chi connectivity index (χ0v) is 22.9. The molecule has 36 heavy (non-hydrogen) atoms. The van der Waals surface area contributed by atoms with Gasteiger partial charge in [-0.05, 0) is 26.5 Å². The number of carboxylic acid groups (broad SMARTS) is 1. The van der Waals surface area contributed by atoms with Crippen molar-refractivity contribution in [3.63, 3.8) is 0 Å². The number of nitrogens with one attached hydrogen (secondary N) is 1. The number of amides is 2. The molecule has 0 aromatic carbocycles. The number of β-lactam (4-membered cyclic amide) rings is 1. The van der Waals surface area contributed by atoms with Gasteiger partial charge >= 0.3 is 11.9 Å². The van der Waals surface area contributed by atoms with E-state index in [2.05, 4.69) is 15.5 Å². The number of oxime groups is 1. The van der Waals surface area contributed by atoms with E-state index >= 15 is 0 Å². The smallest absolute Gasteiger partial charge is 0.353 e. The van der Waals surface area contributed by atoms with Crippen LogP contribution in [0.15, 0.2) is 15.8 Å². The number of hydrogen-bond acceptors (Lipinski definition) is 12. The molecule has 0 radical (unpaired) electrons. The molecule has 2 amide bonds. The van der Waals surface area contributed by atoms with Crippen molar-refractivity contribution in [2.24, 2.45) is 5.16 Å². The van der Waals surface area contributed by atoms with E-state index in [1.807, 2.05) is 6.92 Å². The first-order chi connectivity index (χ1) is 16.8. The van der Waals surface area contributed by atoms with Gasteiger partial charge in [0.2, 0.25) is 6.61 Å². The van der Waals surface area contributed by atoms with Gasteiger partial charge in [0.15, 0.2) is 10.8 Å². The first kappa shape index (κ1) is 28.1. The standard InChI is InChI=1S/C20H24ClN5O7S3/c1-5-34-8-7-35-17-12(16(29)26(17)13(8)18(30)31)23-15(28)11(10-14(21)36-19(22)24-10)25-32-6-9(27)33-20(2,3)4/h12,17H,5-7H2,1-4H3,(H2,22,24)(H,23,28)(H,30,31)/b25-11+/t12?,17-/m1/s1. The third kappa shape index (κ3) is 6.25. The number of carbonyl (C=O) groups excluding carboxylic acids is 3. The average molecular weight is 578 g/mol. The van der Waals surface area contributed by atoms with Crippen LogP contribution in [-0.4, -0.2) is 79.6 Å². The number of halogens is 1. The van der Waals surface area contributed by atoms with Crippen molar-refractivity contribution in [1.29, 1.82) is 0 Å². The zero-order valence-electron chi connectivity index (χ0n) is 19.7. The van der Waals surface area contributed by atoms with E-state index in [0.29, 0.717) is 16.4 Å². The summed E-state index contributed by atoms with van der Waals surface area (Å²) < 4.78 is 5.18. The highest BCUT2D eigenvalue weighted by atomic mass is 35.5. The molecule has 1 saturated heterocycles. The van der Waals surface area contributed by atoms with Crippen molar-refractivity contribution in [1.82, 2.24) is 15.2 Å². The third-order valence-electron chi connectivity index (χ3n) is 4.54. The molecule has 1 fully saturated rings. The number of nitrogen functional groups attached to an aromatic ring is 1. The second-order valence-corrected chi connectivity index (χ2v) is 12.4. The molecule has 1 aromatic rings. The summed E-state index contributed by atoms with van der Waals surface area (Å²) in [6.07, 6.45) is 0. The average Bonchev–Trinajstić information content (AvgIpc) is 3.10. The summed E-state index contributed by atoms with van der Waals surface area (Å²) in [7, 11) is 0. The Hall–Kier alpha value is -2.49. The number of thioether (sulfide) groups is 2. The molecule has 1 aromatic heterocycles. The van der Waals surface area contributed by atoms with Crippen LogP contribution in [0.4, 0.5) is 5.13 Å². The second kappa shape index (κ2) is 11.3. The van der Waals surface area contributed by atoms with Crippen molar-refractivity contribution in [3.05, 3.63) is 20.6 Å². The number of nitrogens with two attached hydrogens (primary N) is 1. The maximum Gasteiger partial charge on any atom is 0.353 e. The highest BCUT2D eigenvalue weighted by molar-refractivity contribution is 8.06. The molecular formula is C20H24ClN5O7S3. The number of carboxylic acids is 1. The molecule has 3 heterocycles. The highest BCUT2D eigenvalue weighted by Crippen LogP contribution is 2.43. The molecule has 2 atom stereocenters. The predicted octanol–water partition coefficient (Wildman–Crippen LogP) is 1.89. The largest absolute Gasteiger partial charge is 0.477 e. The molecule has 3 rings (SSSR count). The van der Waals surface area contributed by atoms with E-state index < -0.39 is 53.1 Å². The highest BCUT2D eigenvalue weighted by Gasteiger charge is 2.54. The SMILES string of the molecule is CCSC1=C(C(=O)O)N2C(=O)C(NC(=O)/C(=N/OCC(=O)OC(C)(C)C)c3nc(N)sc3Cl)[C@H]2SC1. The van der Waals surface area contributed by atoms with Crippen molar-refractivity contribution in [2.75, 3.05) is 23.8 Å². The fourth-order valence-electron chi connectivity index (χ4n) is 3.26. The van der Waals surface area contributed by atoms with Gasteiger partial charge in [-0.1, -0.05) is 35.0 Å². The van der Waals surface area contributed by atoms with Crippen LogP contribution in [0.2, 0.25) is 4.34 Å². The summed E-state index contributed by atoms with van der Waals surface area (Å²) >= 11 is 9.74. The Bertz CT molecular complexity index is 1150. The van der Waals surface area contributed by atoms with Crippen LogP contribution in [0, 0.1) is 0 Å². The lowest BCUT2D eigenvalue weighted by molar-refractivity contribution is -0.160. The molecule has 1 unspecified atom stereocenters. The quantitative estimate of drug-likeness (QED) is 0.169. The van der Waals surface area contributed by atoms with Crippen molar-refractivity contribution in [2.45, 2.75) is 44.7 Å². The Balaban J connectivity index is 1.79. The number of anilines is 1. The number of ether oxygens (including phenoxy) is 1. The lowest BCUT2D eigenvalue weighted by Gasteiger charge is -2.49. The number of thiazole rings is 1. The Morgan fingerprint density at radius 3 is 2.64 bits per heavy atom. The fourth-order valence-corrected chi connectivity index (χ4v) is 6.59. The van der Waals surface area contributed by atoms with Crippen LogP contribution in [0.1, 0.15) is 33.4 Å². The summed E-state index contributed by atoms with van der Waals surface area (Å²) in [6, 6.07) is -1.02. The minimum Gasteiger partial charge on any atom is -0.477 e. The Morgan fingerprint density at radius 2 is 2.08 bits per heavy atom. The topological polar surface area (TPSA) is 174 Å². The summed E-state index contributed by atoms with van der Waals surface area (Å²) in [5, 5.41) is 15.4. The lowest BCUT2D eigenvalue weighted by Crippen LogP contribution is -2.71. The van der Waals surface area contributed by atoms with Crippen LogP contribution in [0.25, 0.3) is 0 Å². The fraction of sp³-hybridized carbons (Fsp3) is 0.500. The van der Waals surface area contributed by atoms with E-state index in [1.54, 1.807) is 20.8 Å². The van der Waals surface area contributed by atoms with Gasteiger partial charge in [0.05, 0.1) is 0 Å². The van der Waals surface area contributed by atoms with E-state index in [0.717, 1.165) is 11.3 Å². The Morgan fingerprint density at radius 1 is 1.39 bits per heavy atom.